The Bertz CT molecular complexity index is 1190. The zero-order chi connectivity index (χ0) is 21.8. The van der Waals surface area contributed by atoms with E-state index in [-0.39, 0.29) is 11.3 Å². The Labute approximate surface area is 186 Å². The number of pyridine rings is 1. The molecule has 0 saturated carbocycles. The first-order valence-corrected chi connectivity index (χ1v) is 10.1. The van der Waals surface area contributed by atoms with Crippen molar-refractivity contribution in [1.82, 2.24) is 21.0 Å². The molecule has 0 unspecified atom stereocenters. The van der Waals surface area contributed by atoms with Gasteiger partial charge in [-0.1, -0.05) is 15.9 Å². The number of halogens is 2. The number of anilines is 2. The van der Waals surface area contributed by atoms with Gasteiger partial charge in [-0.25, -0.2) is 4.39 Å². The van der Waals surface area contributed by atoms with Gasteiger partial charge in [-0.2, -0.15) is 5.26 Å². The molecule has 0 spiro atoms. The lowest BCUT2D eigenvalue weighted by molar-refractivity contribution is 0.151. The smallest absolute Gasteiger partial charge is 0.163 e. The fourth-order valence-corrected chi connectivity index (χ4v) is 3.42. The van der Waals surface area contributed by atoms with Crippen LogP contribution in [-0.2, 0) is 0 Å². The molecule has 3 aromatic rings. The second kappa shape index (κ2) is 9.07. The molecule has 31 heavy (non-hydrogen) atoms. The Morgan fingerprint density at radius 2 is 2.03 bits per heavy atom. The highest BCUT2D eigenvalue weighted by Crippen LogP contribution is 2.37. The molecule has 2 aromatic carbocycles. The molecule has 0 atom stereocenters. The van der Waals surface area contributed by atoms with Crippen LogP contribution in [0.5, 0.6) is 11.5 Å². The van der Waals surface area contributed by atoms with Crippen LogP contribution in [0, 0.1) is 17.1 Å². The molecular weight excluding hydrogens is 467 g/mol. The summed E-state index contributed by atoms with van der Waals surface area (Å²) >= 11 is 3.24. The number of nitrogens with zero attached hydrogens (tertiary/aromatic N) is 3. The maximum Gasteiger partial charge on any atom is 0.163 e. The molecule has 0 bridgehead atoms. The van der Waals surface area contributed by atoms with E-state index in [9.17, 15) is 9.65 Å². The van der Waals surface area contributed by atoms with Crippen LogP contribution in [-0.4, -0.2) is 30.4 Å². The number of hydrazine groups is 2. The van der Waals surface area contributed by atoms with Crippen LogP contribution in [0.2, 0.25) is 0 Å². The summed E-state index contributed by atoms with van der Waals surface area (Å²) in [5.41, 5.74) is 7.54. The number of hydrogen-bond acceptors (Lipinski definition) is 8. The van der Waals surface area contributed by atoms with Crippen LogP contribution in [0.3, 0.4) is 0 Å². The third-order valence-corrected chi connectivity index (χ3v) is 5.07. The number of fused-ring (bicyclic) bond motifs is 1. The van der Waals surface area contributed by atoms with Gasteiger partial charge in [-0.3, -0.25) is 4.98 Å². The Morgan fingerprint density at radius 1 is 1.23 bits per heavy atom. The highest BCUT2D eigenvalue weighted by molar-refractivity contribution is 9.10. The van der Waals surface area contributed by atoms with Crippen molar-refractivity contribution in [2.75, 3.05) is 25.6 Å². The van der Waals surface area contributed by atoms with Gasteiger partial charge in [-0.05, 0) is 24.3 Å². The number of ether oxygens (including phenoxy) is 2. The third-order valence-electron chi connectivity index (χ3n) is 4.58. The van der Waals surface area contributed by atoms with Gasteiger partial charge in [0.25, 0.3) is 0 Å². The van der Waals surface area contributed by atoms with Crippen molar-refractivity contribution in [3.63, 3.8) is 0 Å². The van der Waals surface area contributed by atoms with Crippen LogP contribution in [0.25, 0.3) is 10.9 Å². The van der Waals surface area contributed by atoms with Crippen molar-refractivity contribution in [2.45, 2.75) is 0 Å². The Balaban J connectivity index is 1.67. The van der Waals surface area contributed by atoms with Gasteiger partial charge < -0.3 is 25.6 Å². The number of methoxy groups -OCH3 is 1. The number of rotatable bonds is 7. The monoisotopic (exact) mass is 484 g/mol. The molecule has 0 fully saturated rings. The van der Waals surface area contributed by atoms with E-state index in [0.29, 0.717) is 45.7 Å². The quantitative estimate of drug-likeness (QED) is 0.464. The minimum atomic E-state index is -0.450. The molecule has 4 rings (SSSR count). The molecule has 0 saturated heterocycles. The summed E-state index contributed by atoms with van der Waals surface area (Å²) in [6.45, 7) is 0.958. The molecule has 1 aliphatic heterocycles. The maximum absolute atomic E-state index is 14.4. The van der Waals surface area contributed by atoms with Crippen LogP contribution in [0.1, 0.15) is 5.56 Å². The van der Waals surface area contributed by atoms with Gasteiger partial charge in [0.2, 0.25) is 0 Å². The highest BCUT2D eigenvalue weighted by atomic mass is 79.9. The van der Waals surface area contributed by atoms with Gasteiger partial charge in [0.15, 0.2) is 11.5 Å². The lowest BCUT2D eigenvalue weighted by atomic mass is 10.1. The fourth-order valence-electron chi connectivity index (χ4n) is 3.09. The van der Waals surface area contributed by atoms with Crippen molar-refractivity contribution in [3.05, 3.63) is 64.8 Å². The highest BCUT2D eigenvalue weighted by Gasteiger charge is 2.16. The average molecular weight is 485 g/mol. The fraction of sp³-hybridized carbons (Fsp3) is 0.143. The molecular formula is C21H18BrFN6O2. The summed E-state index contributed by atoms with van der Waals surface area (Å²) in [6.07, 6.45) is 4.99. The molecule has 0 amide bonds. The minimum Gasteiger partial charge on any atom is -0.493 e. The second-order valence-electron chi connectivity index (χ2n) is 6.52. The van der Waals surface area contributed by atoms with Gasteiger partial charge in [0.05, 0.1) is 36.1 Å². The second-order valence-corrected chi connectivity index (χ2v) is 7.44. The van der Waals surface area contributed by atoms with Crippen LogP contribution >= 0.6 is 15.9 Å². The van der Waals surface area contributed by atoms with Crippen molar-refractivity contribution in [3.8, 4) is 17.6 Å². The number of nitrogens with one attached hydrogen (secondary N) is 3. The molecule has 10 heteroatoms. The van der Waals surface area contributed by atoms with E-state index in [1.807, 2.05) is 0 Å². The summed E-state index contributed by atoms with van der Waals surface area (Å²) in [4.78, 5) is 4.37. The lowest BCUT2D eigenvalue weighted by Crippen LogP contribution is -2.40. The normalized spacial score (nSPS) is 12.8. The number of benzene rings is 2. The molecule has 0 aliphatic carbocycles. The van der Waals surface area contributed by atoms with E-state index in [1.165, 1.54) is 19.4 Å². The van der Waals surface area contributed by atoms with Crippen molar-refractivity contribution in [1.29, 1.82) is 5.26 Å². The summed E-state index contributed by atoms with van der Waals surface area (Å²) in [6, 6.07) is 10.2. The first kappa shape index (κ1) is 20.7. The summed E-state index contributed by atoms with van der Waals surface area (Å²) in [5, 5.41) is 15.0. The Morgan fingerprint density at radius 3 is 2.74 bits per heavy atom. The number of aromatic nitrogens is 1. The summed E-state index contributed by atoms with van der Waals surface area (Å²) in [7, 11) is 1.53. The van der Waals surface area contributed by atoms with E-state index >= 15 is 0 Å². The molecule has 3 N–H and O–H groups in total. The number of nitriles is 1. The first-order valence-electron chi connectivity index (χ1n) is 9.29. The van der Waals surface area contributed by atoms with E-state index in [4.69, 9.17) is 9.47 Å². The van der Waals surface area contributed by atoms with E-state index < -0.39 is 5.82 Å². The summed E-state index contributed by atoms with van der Waals surface area (Å²) < 4.78 is 26.4. The SMILES string of the molecule is COc1cc2c(Nc3ccc(Br)cc3F)c(C#N)cnc2cc1OCCN1NC=CN1. The van der Waals surface area contributed by atoms with Crippen LogP contribution in [0.4, 0.5) is 15.8 Å². The van der Waals surface area contributed by atoms with Gasteiger partial charge in [-0.15, -0.1) is 5.12 Å². The van der Waals surface area contributed by atoms with Gasteiger partial charge in [0, 0.05) is 34.5 Å². The topological polar surface area (TPSA) is 94.5 Å². The molecule has 1 aliphatic rings. The first-order chi connectivity index (χ1) is 15.1. The maximum atomic E-state index is 14.4. The van der Waals surface area contributed by atoms with Crippen LogP contribution < -0.4 is 25.6 Å². The zero-order valence-corrected chi connectivity index (χ0v) is 18.0. The van der Waals surface area contributed by atoms with Crippen molar-refractivity contribution in [2.24, 2.45) is 0 Å². The van der Waals surface area contributed by atoms with Crippen LogP contribution in [0.15, 0.2) is 53.4 Å². The van der Waals surface area contributed by atoms with Gasteiger partial charge >= 0.3 is 0 Å². The predicted octanol–water partition coefficient (Wildman–Crippen LogP) is 3.94. The van der Waals surface area contributed by atoms with Gasteiger partial charge in [0.1, 0.15) is 18.5 Å². The average Bonchev–Trinajstić information content (AvgIpc) is 3.28. The summed E-state index contributed by atoms with van der Waals surface area (Å²) in [5.74, 6) is 0.540. The van der Waals surface area contributed by atoms with Crippen molar-refractivity contribution >= 4 is 38.2 Å². The molecule has 158 valence electrons. The predicted molar refractivity (Wildman–Crippen MR) is 118 cm³/mol. The lowest BCUT2D eigenvalue weighted by Gasteiger charge is -2.18. The van der Waals surface area contributed by atoms with E-state index in [1.54, 1.807) is 41.8 Å². The molecule has 2 heterocycles. The standard InChI is InChI=1S/C21H18BrFN6O2/c1-30-19-9-15-18(10-20(19)31-7-6-29-26-4-5-27-29)25-12-13(11-24)21(15)28-17-3-2-14(22)8-16(17)23/h2-5,8-10,12,26-27H,6-7H2,1H3,(H,25,28). The Hall–Kier alpha value is -3.55. The Kier molecular flexibility index (Phi) is 6.06. The zero-order valence-electron chi connectivity index (χ0n) is 16.4. The minimum absolute atomic E-state index is 0.241. The largest absolute Gasteiger partial charge is 0.493 e. The van der Waals surface area contributed by atoms with E-state index in [2.05, 4.69) is 43.2 Å². The molecule has 8 nitrogen and oxygen atoms in total. The van der Waals surface area contributed by atoms with Crippen molar-refractivity contribution < 1.29 is 13.9 Å². The third kappa shape index (κ3) is 4.47. The number of hydrogen-bond donors (Lipinski definition) is 3. The molecule has 1 aromatic heterocycles. The molecule has 0 radical (unpaired) electrons. The van der Waals surface area contributed by atoms with E-state index in [0.717, 1.165) is 0 Å².